The maximum Gasteiger partial charge on any atom is 0.233 e. The van der Waals surface area contributed by atoms with Crippen LogP contribution in [0.15, 0.2) is 48.5 Å². The zero-order valence-electron chi connectivity index (χ0n) is 13.3. The van der Waals surface area contributed by atoms with Gasteiger partial charge in [0.15, 0.2) is 0 Å². The Bertz CT molecular complexity index is 611. The van der Waals surface area contributed by atoms with Crippen molar-refractivity contribution in [2.24, 2.45) is 0 Å². The first kappa shape index (κ1) is 17.3. The normalized spacial score (nSPS) is 10.2. The molecule has 0 aliphatic heterocycles. The van der Waals surface area contributed by atoms with Crippen molar-refractivity contribution in [3.63, 3.8) is 0 Å². The Labute approximate surface area is 145 Å². The topological polar surface area (TPSA) is 38.8 Å². The summed E-state index contributed by atoms with van der Waals surface area (Å²) in [5.74, 6) is 1.61. The highest BCUT2D eigenvalue weighted by atomic mass is 79.9. The Morgan fingerprint density at radius 2 is 1.43 bits per heavy atom. The van der Waals surface area contributed by atoms with E-state index in [0.29, 0.717) is 18.4 Å². The molecular weight excluding hydrogens is 358 g/mol. The molecule has 0 saturated carbocycles. The second kappa shape index (κ2) is 8.58. The van der Waals surface area contributed by atoms with Crippen molar-refractivity contribution in [3.05, 3.63) is 59.7 Å². The molecule has 0 spiro atoms. The minimum atomic E-state index is 0.0376. The number of halogens is 1. The van der Waals surface area contributed by atoms with Gasteiger partial charge in [-0.05, 0) is 35.4 Å². The molecule has 23 heavy (non-hydrogen) atoms. The SMILES string of the molecule is COc1cccc(CN(Cc2cccc(OC)c2)C(=O)CBr)c1. The van der Waals surface area contributed by atoms with Crippen LogP contribution in [0.1, 0.15) is 11.1 Å². The Balaban J connectivity index is 2.17. The highest BCUT2D eigenvalue weighted by Gasteiger charge is 2.14. The minimum absolute atomic E-state index is 0.0376. The second-order valence-corrected chi connectivity index (χ2v) is 5.65. The standard InChI is InChI=1S/C18H20BrNO3/c1-22-16-7-3-5-14(9-16)12-20(18(21)11-19)13-15-6-4-8-17(10-15)23-2/h3-10H,11-13H2,1-2H3. The van der Waals surface area contributed by atoms with Crippen LogP contribution in [0.2, 0.25) is 0 Å². The van der Waals surface area contributed by atoms with Crippen molar-refractivity contribution in [3.8, 4) is 11.5 Å². The third-order valence-electron chi connectivity index (χ3n) is 3.48. The summed E-state index contributed by atoms with van der Waals surface area (Å²) in [5.41, 5.74) is 2.06. The van der Waals surface area contributed by atoms with Crippen molar-refractivity contribution in [1.29, 1.82) is 0 Å². The van der Waals surface area contributed by atoms with Gasteiger partial charge in [0.05, 0.1) is 19.5 Å². The van der Waals surface area contributed by atoms with Gasteiger partial charge in [-0.2, -0.15) is 0 Å². The molecule has 0 aliphatic carbocycles. The molecule has 0 N–H and O–H groups in total. The number of carbonyl (C=O) groups excluding carboxylic acids is 1. The largest absolute Gasteiger partial charge is 0.497 e. The number of nitrogens with zero attached hydrogens (tertiary/aromatic N) is 1. The summed E-state index contributed by atoms with van der Waals surface area (Å²) in [7, 11) is 3.27. The average Bonchev–Trinajstić information content (AvgIpc) is 2.60. The van der Waals surface area contributed by atoms with Crippen LogP contribution in [0, 0.1) is 0 Å². The first-order chi connectivity index (χ1) is 11.2. The number of hydrogen-bond donors (Lipinski definition) is 0. The van der Waals surface area contributed by atoms with Crippen LogP contribution in [0.4, 0.5) is 0 Å². The quantitative estimate of drug-likeness (QED) is 0.691. The predicted octanol–water partition coefficient (Wildman–Crippen LogP) is 3.63. The molecule has 2 aromatic rings. The van der Waals surface area contributed by atoms with Gasteiger partial charge < -0.3 is 14.4 Å². The Morgan fingerprint density at radius 1 is 0.957 bits per heavy atom. The average molecular weight is 378 g/mol. The van der Waals surface area contributed by atoms with Crippen LogP contribution in [0.25, 0.3) is 0 Å². The lowest BCUT2D eigenvalue weighted by Gasteiger charge is -2.22. The van der Waals surface area contributed by atoms with Crippen molar-refractivity contribution in [2.75, 3.05) is 19.5 Å². The lowest BCUT2D eigenvalue weighted by Crippen LogP contribution is -2.30. The van der Waals surface area contributed by atoms with E-state index < -0.39 is 0 Å². The predicted molar refractivity (Wildman–Crippen MR) is 94.0 cm³/mol. The number of rotatable bonds is 7. The van der Waals surface area contributed by atoms with E-state index in [1.54, 1.807) is 19.1 Å². The van der Waals surface area contributed by atoms with Gasteiger partial charge in [0, 0.05) is 13.1 Å². The number of benzene rings is 2. The molecule has 0 aromatic heterocycles. The van der Waals surface area contributed by atoms with Crippen LogP contribution >= 0.6 is 15.9 Å². The molecule has 0 aliphatic rings. The zero-order valence-corrected chi connectivity index (χ0v) is 14.9. The fourth-order valence-corrected chi connectivity index (χ4v) is 2.65. The lowest BCUT2D eigenvalue weighted by molar-refractivity contribution is -0.129. The van der Waals surface area contributed by atoms with E-state index >= 15 is 0 Å². The van der Waals surface area contributed by atoms with Crippen molar-refractivity contribution >= 4 is 21.8 Å². The van der Waals surface area contributed by atoms with Crippen LogP contribution in [-0.4, -0.2) is 30.4 Å². The number of amides is 1. The van der Waals surface area contributed by atoms with Crippen LogP contribution in [0.3, 0.4) is 0 Å². The second-order valence-electron chi connectivity index (χ2n) is 5.09. The molecule has 2 rings (SSSR count). The zero-order chi connectivity index (χ0) is 16.7. The maximum atomic E-state index is 12.2. The molecule has 0 atom stereocenters. The minimum Gasteiger partial charge on any atom is -0.497 e. The molecule has 0 fully saturated rings. The van der Waals surface area contributed by atoms with Crippen LogP contribution < -0.4 is 9.47 Å². The molecule has 0 radical (unpaired) electrons. The third kappa shape index (κ3) is 4.99. The Kier molecular flexibility index (Phi) is 6.47. The van der Waals surface area contributed by atoms with Gasteiger partial charge in [-0.1, -0.05) is 40.2 Å². The number of ether oxygens (including phenoxy) is 2. The monoisotopic (exact) mass is 377 g/mol. The van der Waals surface area contributed by atoms with Crippen molar-refractivity contribution in [2.45, 2.75) is 13.1 Å². The number of methoxy groups -OCH3 is 2. The van der Waals surface area contributed by atoms with Gasteiger partial charge in [0.1, 0.15) is 11.5 Å². The van der Waals surface area contributed by atoms with E-state index in [4.69, 9.17) is 9.47 Å². The summed E-state index contributed by atoms with van der Waals surface area (Å²) in [4.78, 5) is 14.1. The molecule has 0 unspecified atom stereocenters. The molecule has 5 heteroatoms. The van der Waals surface area contributed by atoms with Gasteiger partial charge in [0.25, 0.3) is 0 Å². The maximum absolute atomic E-state index is 12.2. The van der Waals surface area contributed by atoms with E-state index in [-0.39, 0.29) is 5.91 Å². The van der Waals surface area contributed by atoms with Crippen molar-refractivity contribution in [1.82, 2.24) is 4.90 Å². The highest BCUT2D eigenvalue weighted by Crippen LogP contribution is 2.18. The van der Waals surface area contributed by atoms with E-state index in [0.717, 1.165) is 22.6 Å². The van der Waals surface area contributed by atoms with Crippen LogP contribution in [-0.2, 0) is 17.9 Å². The highest BCUT2D eigenvalue weighted by molar-refractivity contribution is 9.09. The summed E-state index contributed by atoms with van der Waals surface area (Å²) >= 11 is 3.26. The van der Waals surface area contributed by atoms with Crippen LogP contribution in [0.5, 0.6) is 11.5 Å². The Hall–Kier alpha value is -2.01. The molecule has 2 aromatic carbocycles. The summed E-state index contributed by atoms with van der Waals surface area (Å²) in [6, 6.07) is 15.5. The van der Waals surface area contributed by atoms with E-state index in [2.05, 4.69) is 15.9 Å². The molecule has 0 saturated heterocycles. The fourth-order valence-electron chi connectivity index (χ4n) is 2.30. The summed E-state index contributed by atoms with van der Waals surface area (Å²) < 4.78 is 10.5. The first-order valence-corrected chi connectivity index (χ1v) is 8.38. The van der Waals surface area contributed by atoms with Gasteiger partial charge in [0.2, 0.25) is 5.91 Å². The first-order valence-electron chi connectivity index (χ1n) is 7.26. The Morgan fingerprint density at radius 3 is 1.83 bits per heavy atom. The smallest absolute Gasteiger partial charge is 0.233 e. The van der Waals surface area contributed by atoms with Crippen molar-refractivity contribution < 1.29 is 14.3 Å². The van der Waals surface area contributed by atoms with Gasteiger partial charge in [-0.25, -0.2) is 0 Å². The molecule has 1 amide bonds. The van der Waals surface area contributed by atoms with Gasteiger partial charge in [-0.3, -0.25) is 4.79 Å². The van der Waals surface area contributed by atoms with E-state index in [9.17, 15) is 4.79 Å². The lowest BCUT2D eigenvalue weighted by atomic mass is 10.1. The number of hydrogen-bond acceptors (Lipinski definition) is 3. The molecular formula is C18H20BrNO3. The third-order valence-corrected chi connectivity index (χ3v) is 3.96. The van der Waals surface area contributed by atoms with E-state index in [1.807, 2.05) is 48.5 Å². The van der Waals surface area contributed by atoms with Gasteiger partial charge in [-0.15, -0.1) is 0 Å². The molecule has 0 bridgehead atoms. The number of alkyl halides is 1. The number of carbonyl (C=O) groups is 1. The summed E-state index contributed by atoms with van der Waals surface area (Å²) in [6.45, 7) is 1.05. The fraction of sp³-hybridized carbons (Fsp3) is 0.278. The van der Waals surface area contributed by atoms with E-state index in [1.165, 1.54) is 0 Å². The molecule has 122 valence electrons. The molecule has 4 nitrogen and oxygen atoms in total. The summed E-state index contributed by atoms with van der Waals surface area (Å²) in [6.07, 6.45) is 0. The van der Waals surface area contributed by atoms with Gasteiger partial charge >= 0.3 is 0 Å². The molecule has 0 heterocycles. The summed E-state index contributed by atoms with van der Waals surface area (Å²) in [5, 5.41) is 0.293.